The van der Waals surface area contributed by atoms with Crippen LogP contribution in [0.15, 0.2) is 4.99 Å². The molecule has 140 valence electrons. The first kappa shape index (κ1) is 20.7. The van der Waals surface area contributed by atoms with Gasteiger partial charge < -0.3 is 25.6 Å². The number of ether oxygens (including phenoxy) is 1. The first-order chi connectivity index (χ1) is 11.3. The van der Waals surface area contributed by atoms with Crippen LogP contribution < -0.4 is 16.0 Å². The molecule has 0 aromatic carbocycles. The van der Waals surface area contributed by atoms with E-state index in [1.54, 1.807) is 14.2 Å². The Morgan fingerprint density at radius 3 is 2.46 bits per heavy atom. The molecule has 0 aromatic heterocycles. The van der Waals surface area contributed by atoms with Gasteiger partial charge >= 0.3 is 0 Å². The van der Waals surface area contributed by atoms with E-state index in [-0.39, 0.29) is 18.0 Å². The first-order valence-corrected chi connectivity index (χ1v) is 8.81. The lowest BCUT2D eigenvalue weighted by atomic mass is 9.97. The second-order valence-electron chi connectivity index (χ2n) is 7.38. The number of aliphatic imine (C=N–C) groups is 1. The molecule has 0 saturated carbocycles. The van der Waals surface area contributed by atoms with Gasteiger partial charge in [0.15, 0.2) is 5.96 Å². The van der Waals surface area contributed by atoms with Crippen LogP contribution in [0.1, 0.15) is 33.6 Å². The van der Waals surface area contributed by atoms with E-state index >= 15 is 0 Å². The van der Waals surface area contributed by atoms with Gasteiger partial charge in [-0.3, -0.25) is 9.79 Å². The van der Waals surface area contributed by atoms with Crippen LogP contribution in [0.3, 0.4) is 0 Å². The van der Waals surface area contributed by atoms with E-state index in [0.29, 0.717) is 11.9 Å². The smallest absolute Gasteiger partial charge is 0.239 e. The summed E-state index contributed by atoms with van der Waals surface area (Å²) < 4.78 is 5.13. The number of hydrogen-bond acceptors (Lipinski definition) is 4. The van der Waals surface area contributed by atoms with Crippen molar-refractivity contribution in [2.75, 3.05) is 53.5 Å². The van der Waals surface area contributed by atoms with Crippen LogP contribution in [0.4, 0.5) is 0 Å². The number of carbonyl (C=O) groups is 1. The summed E-state index contributed by atoms with van der Waals surface area (Å²) in [7, 11) is 3.47. The van der Waals surface area contributed by atoms with Gasteiger partial charge in [0.2, 0.25) is 5.91 Å². The van der Waals surface area contributed by atoms with Crippen molar-refractivity contribution < 1.29 is 9.53 Å². The molecule has 1 saturated heterocycles. The summed E-state index contributed by atoms with van der Waals surface area (Å²) in [4.78, 5) is 18.5. The third-order valence-electron chi connectivity index (χ3n) is 4.03. The summed E-state index contributed by atoms with van der Waals surface area (Å²) in [5.41, 5.74) is -0.216. The largest absolute Gasteiger partial charge is 0.383 e. The Kier molecular flexibility index (Phi) is 9.07. The van der Waals surface area contributed by atoms with Gasteiger partial charge in [-0.05, 0) is 52.6 Å². The third kappa shape index (κ3) is 9.08. The molecule has 1 rings (SSSR count). The Balaban J connectivity index is 2.22. The van der Waals surface area contributed by atoms with E-state index in [9.17, 15) is 4.79 Å². The van der Waals surface area contributed by atoms with Crippen LogP contribution in [0, 0.1) is 5.92 Å². The Hall–Kier alpha value is -1.34. The van der Waals surface area contributed by atoms with Gasteiger partial charge in [-0.2, -0.15) is 0 Å². The molecule has 0 bridgehead atoms. The van der Waals surface area contributed by atoms with Crippen molar-refractivity contribution in [3.8, 4) is 0 Å². The standard InChI is InChI=1S/C17H35N5O2/c1-17(2,3)21-15(23)13-20-16(18-4)19-12-14-6-8-22(9-7-14)10-11-24-5/h14H,6-13H2,1-5H3,(H,21,23)(H2,18,19,20). The minimum atomic E-state index is -0.216. The second kappa shape index (κ2) is 10.5. The maximum absolute atomic E-state index is 11.8. The highest BCUT2D eigenvalue weighted by atomic mass is 16.5. The zero-order valence-electron chi connectivity index (χ0n) is 15.9. The van der Waals surface area contributed by atoms with Crippen molar-refractivity contribution in [1.29, 1.82) is 0 Å². The Bertz CT molecular complexity index is 398. The number of nitrogens with zero attached hydrogens (tertiary/aromatic N) is 2. The van der Waals surface area contributed by atoms with Gasteiger partial charge in [-0.25, -0.2) is 0 Å². The Morgan fingerprint density at radius 1 is 1.25 bits per heavy atom. The van der Waals surface area contributed by atoms with E-state index in [0.717, 1.165) is 32.8 Å². The van der Waals surface area contributed by atoms with E-state index < -0.39 is 0 Å². The minimum absolute atomic E-state index is 0.0306. The van der Waals surface area contributed by atoms with E-state index in [2.05, 4.69) is 25.8 Å². The normalized spacial score (nSPS) is 17.6. The van der Waals surface area contributed by atoms with Crippen molar-refractivity contribution >= 4 is 11.9 Å². The van der Waals surface area contributed by atoms with Crippen LogP contribution >= 0.6 is 0 Å². The number of rotatable bonds is 7. The Morgan fingerprint density at radius 2 is 1.92 bits per heavy atom. The maximum Gasteiger partial charge on any atom is 0.239 e. The summed E-state index contributed by atoms with van der Waals surface area (Å²) in [6.07, 6.45) is 2.36. The number of methoxy groups -OCH3 is 1. The number of likely N-dealkylation sites (tertiary alicyclic amines) is 1. The lowest BCUT2D eigenvalue weighted by molar-refractivity contribution is -0.121. The van der Waals surface area contributed by atoms with Gasteiger partial charge in [-0.15, -0.1) is 0 Å². The molecule has 1 heterocycles. The van der Waals surface area contributed by atoms with Crippen molar-refractivity contribution in [3.05, 3.63) is 0 Å². The maximum atomic E-state index is 11.8. The van der Waals surface area contributed by atoms with Gasteiger partial charge in [-0.1, -0.05) is 0 Å². The zero-order chi connectivity index (χ0) is 18.0. The fourth-order valence-electron chi connectivity index (χ4n) is 2.72. The SMILES string of the molecule is CN=C(NCC(=O)NC(C)(C)C)NCC1CCN(CCOC)CC1. The number of hydrogen-bond donors (Lipinski definition) is 3. The number of amides is 1. The van der Waals surface area contributed by atoms with Gasteiger partial charge in [0.25, 0.3) is 0 Å². The molecule has 1 amide bonds. The molecule has 24 heavy (non-hydrogen) atoms. The summed E-state index contributed by atoms with van der Waals surface area (Å²) in [5, 5.41) is 9.32. The highest BCUT2D eigenvalue weighted by Crippen LogP contribution is 2.15. The lowest BCUT2D eigenvalue weighted by Gasteiger charge is -2.32. The van der Waals surface area contributed by atoms with Crippen molar-refractivity contribution in [3.63, 3.8) is 0 Å². The minimum Gasteiger partial charge on any atom is -0.383 e. The highest BCUT2D eigenvalue weighted by molar-refractivity contribution is 5.86. The molecule has 0 aromatic rings. The number of carbonyl (C=O) groups excluding carboxylic acids is 1. The summed E-state index contributed by atoms with van der Waals surface area (Å²) in [5.74, 6) is 1.29. The topological polar surface area (TPSA) is 78.0 Å². The monoisotopic (exact) mass is 341 g/mol. The predicted molar refractivity (Wildman–Crippen MR) is 98.3 cm³/mol. The molecule has 0 unspecified atom stereocenters. The fourth-order valence-corrected chi connectivity index (χ4v) is 2.72. The number of nitrogens with one attached hydrogen (secondary N) is 3. The zero-order valence-corrected chi connectivity index (χ0v) is 15.9. The molecule has 7 nitrogen and oxygen atoms in total. The van der Waals surface area contributed by atoms with E-state index in [4.69, 9.17) is 4.74 Å². The van der Waals surface area contributed by atoms with E-state index in [1.807, 2.05) is 20.8 Å². The summed E-state index contributed by atoms with van der Waals surface area (Å²) >= 11 is 0. The lowest BCUT2D eigenvalue weighted by Crippen LogP contribution is -2.49. The first-order valence-electron chi connectivity index (χ1n) is 8.81. The molecule has 0 radical (unpaired) electrons. The van der Waals surface area contributed by atoms with Gasteiger partial charge in [0.05, 0.1) is 13.2 Å². The Labute approximate surface area is 146 Å². The molecule has 0 atom stereocenters. The van der Waals surface area contributed by atoms with Crippen molar-refractivity contribution in [2.45, 2.75) is 39.2 Å². The van der Waals surface area contributed by atoms with Gasteiger partial charge in [0.1, 0.15) is 0 Å². The molecule has 1 aliphatic rings. The molecule has 0 aliphatic carbocycles. The molecule has 1 aliphatic heterocycles. The summed E-state index contributed by atoms with van der Waals surface area (Å²) in [6, 6.07) is 0. The molecule has 3 N–H and O–H groups in total. The molecule has 0 spiro atoms. The average molecular weight is 342 g/mol. The van der Waals surface area contributed by atoms with Crippen molar-refractivity contribution in [2.24, 2.45) is 10.9 Å². The highest BCUT2D eigenvalue weighted by Gasteiger charge is 2.19. The third-order valence-corrected chi connectivity index (χ3v) is 4.03. The number of guanidine groups is 1. The van der Waals surface area contributed by atoms with Crippen LogP contribution in [0.2, 0.25) is 0 Å². The van der Waals surface area contributed by atoms with Gasteiger partial charge in [0, 0.05) is 32.8 Å². The second-order valence-corrected chi connectivity index (χ2v) is 7.38. The summed E-state index contributed by atoms with van der Waals surface area (Å²) in [6.45, 7) is 11.1. The van der Waals surface area contributed by atoms with Crippen LogP contribution in [-0.2, 0) is 9.53 Å². The fraction of sp³-hybridized carbons (Fsp3) is 0.882. The molecule has 1 fully saturated rings. The van der Waals surface area contributed by atoms with Crippen LogP contribution in [-0.4, -0.2) is 75.8 Å². The van der Waals surface area contributed by atoms with Crippen LogP contribution in [0.25, 0.3) is 0 Å². The molecular formula is C17H35N5O2. The average Bonchev–Trinajstić information content (AvgIpc) is 2.52. The molecular weight excluding hydrogens is 306 g/mol. The predicted octanol–water partition coefficient (Wildman–Crippen LogP) is 0.425. The van der Waals surface area contributed by atoms with Crippen LogP contribution in [0.5, 0.6) is 0 Å². The van der Waals surface area contributed by atoms with Crippen molar-refractivity contribution in [1.82, 2.24) is 20.9 Å². The molecule has 7 heteroatoms. The van der Waals surface area contributed by atoms with E-state index in [1.165, 1.54) is 12.8 Å². The quantitative estimate of drug-likeness (QED) is 0.462. The number of piperidine rings is 1.